The maximum atomic E-state index is 12.9. The number of rotatable bonds is 19. The van der Waals surface area contributed by atoms with Gasteiger partial charge in [-0.25, -0.2) is 4.79 Å². The minimum Gasteiger partial charge on any atom is -0.480 e. The number of benzene rings is 1. The molecular formula is C25H35N3O10. The summed E-state index contributed by atoms with van der Waals surface area (Å²) in [5, 5.41) is 14.0. The summed E-state index contributed by atoms with van der Waals surface area (Å²) in [5.74, 6) is -1.95. The molecule has 38 heavy (non-hydrogen) atoms. The van der Waals surface area contributed by atoms with E-state index in [0.717, 1.165) is 11.3 Å². The van der Waals surface area contributed by atoms with E-state index in [2.05, 4.69) is 10.6 Å². The van der Waals surface area contributed by atoms with E-state index in [1.165, 1.54) is 4.90 Å². The second kappa shape index (κ2) is 16.0. The number of aliphatic carboxylic acids is 1. The van der Waals surface area contributed by atoms with Gasteiger partial charge in [0.25, 0.3) is 5.91 Å². The zero-order valence-electron chi connectivity index (χ0n) is 21.3. The predicted molar refractivity (Wildman–Crippen MR) is 133 cm³/mol. The maximum Gasteiger partial charge on any atom is 0.329 e. The highest BCUT2D eigenvalue weighted by molar-refractivity contribution is 6.06. The summed E-state index contributed by atoms with van der Waals surface area (Å²) in [6.45, 7) is 4.00. The van der Waals surface area contributed by atoms with Crippen LogP contribution in [0, 0.1) is 0 Å². The van der Waals surface area contributed by atoms with E-state index in [1.807, 2.05) is 6.07 Å². The van der Waals surface area contributed by atoms with Crippen LogP contribution >= 0.6 is 0 Å². The van der Waals surface area contributed by atoms with Crippen molar-refractivity contribution in [2.75, 3.05) is 77.9 Å². The fraction of sp³-hybridized carbons (Fsp3) is 0.600. The molecule has 2 heterocycles. The van der Waals surface area contributed by atoms with E-state index in [9.17, 15) is 19.2 Å². The highest BCUT2D eigenvalue weighted by atomic mass is 16.6. The third-order valence-electron chi connectivity index (χ3n) is 5.86. The average molecular weight is 538 g/mol. The second-order valence-corrected chi connectivity index (χ2v) is 8.55. The molecule has 1 aromatic rings. The number of carbonyl (C=O) groups is 4. The number of carbonyl (C=O) groups excluding carboxylic acids is 3. The van der Waals surface area contributed by atoms with Crippen molar-refractivity contribution in [3.8, 4) is 0 Å². The van der Waals surface area contributed by atoms with Crippen LogP contribution in [0.15, 0.2) is 18.2 Å². The van der Waals surface area contributed by atoms with Crippen LogP contribution in [-0.4, -0.2) is 112 Å². The molecule has 1 saturated heterocycles. The van der Waals surface area contributed by atoms with Gasteiger partial charge in [0.1, 0.15) is 12.6 Å². The standard InChI is InChI=1S/C25H35N3O10/c29-22-5-4-21(24(32)27-22)28-16-19-18(25(28)33)2-1-3-20(19)26-6-7-34-8-9-35-10-11-36-12-13-37-14-15-38-17-23(30)31/h1-3,21,26H,4-17H2,(H,30,31)(H,27,29,32). The molecule has 0 aromatic heterocycles. The fourth-order valence-corrected chi connectivity index (χ4v) is 4.05. The maximum absolute atomic E-state index is 12.9. The third kappa shape index (κ3) is 9.33. The van der Waals surface area contributed by atoms with Gasteiger partial charge in [0.2, 0.25) is 11.8 Å². The number of nitrogens with zero attached hydrogens (tertiary/aromatic N) is 1. The number of amides is 3. The van der Waals surface area contributed by atoms with Gasteiger partial charge in [0.05, 0.1) is 59.5 Å². The Morgan fingerprint density at radius 3 is 2.13 bits per heavy atom. The van der Waals surface area contributed by atoms with Crippen LogP contribution in [0.25, 0.3) is 0 Å². The van der Waals surface area contributed by atoms with Gasteiger partial charge in [-0.15, -0.1) is 0 Å². The van der Waals surface area contributed by atoms with E-state index in [4.69, 9.17) is 28.8 Å². The van der Waals surface area contributed by atoms with Crippen molar-refractivity contribution in [3.05, 3.63) is 29.3 Å². The summed E-state index contributed by atoms with van der Waals surface area (Å²) >= 11 is 0. The van der Waals surface area contributed by atoms with Crippen molar-refractivity contribution in [1.82, 2.24) is 10.2 Å². The van der Waals surface area contributed by atoms with Crippen molar-refractivity contribution in [2.45, 2.75) is 25.4 Å². The molecule has 2 aliphatic rings. The lowest BCUT2D eigenvalue weighted by Crippen LogP contribution is -2.52. The van der Waals surface area contributed by atoms with E-state index in [0.29, 0.717) is 77.9 Å². The number of hydrogen-bond donors (Lipinski definition) is 3. The van der Waals surface area contributed by atoms with Crippen molar-refractivity contribution >= 4 is 29.4 Å². The molecule has 0 aliphatic carbocycles. The summed E-state index contributed by atoms with van der Waals surface area (Å²) < 4.78 is 26.5. The lowest BCUT2D eigenvalue weighted by molar-refractivity contribution is -0.143. The highest BCUT2D eigenvalue weighted by Gasteiger charge is 2.39. The largest absolute Gasteiger partial charge is 0.480 e. The zero-order valence-corrected chi connectivity index (χ0v) is 21.3. The number of carboxylic acid groups (broad SMARTS) is 1. The van der Waals surface area contributed by atoms with Crippen LogP contribution in [0.5, 0.6) is 0 Å². The molecule has 1 atom stereocenters. The quantitative estimate of drug-likeness (QED) is 0.161. The lowest BCUT2D eigenvalue weighted by Gasteiger charge is -2.29. The van der Waals surface area contributed by atoms with Gasteiger partial charge in [0, 0.05) is 36.3 Å². The van der Waals surface area contributed by atoms with Crippen LogP contribution in [0.2, 0.25) is 0 Å². The van der Waals surface area contributed by atoms with Gasteiger partial charge >= 0.3 is 5.97 Å². The Balaban J connectivity index is 1.20. The first-order valence-corrected chi connectivity index (χ1v) is 12.6. The number of hydrogen-bond acceptors (Lipinski definition) is 10. The van der Waals surface area contributed by atoms with Crippen molar-refractivity contribution < 1.29 is 48.0 Å². The number of piperidine rings is 1. The topological polar surface area (TPSA) is 162 Å². The molecule has 1 unspecified atom stereocenters. The van der Waals surface area contributed by atoms with Crippen LogP contribution in [0.1, 0.15) is 28.8 Å². The van der Waals surface area contributed by atoms with Crippen molar-refractivity contribution in [3.63, 3.8) is 0 Å². The Morgan fingerprint density at radius 2 is 1.53 bits per heavy atom. The average Bonchev–Trinajstić information content (AvgIpc) is 3.22. The number of nitrogens with one attached hydrogen (secondary N) is 2. The molecule has 13 heteroatoms. The highest BCUT2D eigenvalue weighted by Crippen LogP contribution is 2.32. The summed E-state index contributed by atoms with van der Waals surface area (Å²) in [4.78, 5) is 48.3. The summed E-state index contributed by atoms with van der Waals surface area (Å²) in [7, 11) is 0. The minimum atomic E-state index is -1.01. The van der Waals surface area contributed by atoms with Crippen LogP contribution < -0.4 is 10.6 Å². The summed E-state index contributed by atoms with van der Waals surface area (Å²) in [5.41, 5.74) is 2.22. The zero-order chi connectivity index (χ0) is 27.2. The fourth-order valence-electron chi connectivity index (χ4n) is 4.05. The smallest absolute Gasteiger partial charge is 0.329 e. The number of ether oxygens (including phenoxy) is 5. The first kappa shape index (κ1) is 29.5. The molecule has 1 fully saturated rings. The number of carboxylic acids is 1. The third-order valence-corrected chi connectivity index (χ3v) is 5.86. The Bertz CT molecular complexity index is 957. The molecule has 3 amide bonds. The molecule has 0 saturated carbocycles. The van der Waals surface area contributed by atoms with E-state index < -0.39 is 17.9 Å². The Hall–Kier alpha value is -3.10. The van der Waals surface area contributed by atoms with Gasteiger partial charge in [0.15, 0.2) is 0 Å². The van der Waals surface area contributed by atoms with Gasteiger partial charge in [-0.2, -0.15) is 0 Å². The molecule has 0 radical (unpaired) electrons. The molecule has 210 valence electrons. The molecule has 3 rings (SSSR count). The molecular weight excluding hydrogens is 502 g/mol. The van der Waals surface area contributed by atoms with Gasteiger partial charge in [-0.05, 0) is 18.6 Å². The van der Waals surface area contributed by atoms with E-state index in [1.54, 1.807) is 12.1 Å². The molecule has 0 spiro atoms. The number of fused-ring (bicyclic) bond motifs is 1. The number of imide groups is 1. The monoisotopic (exact) mass is 537 g/mol. The first-order valence-electron chi connectivity index (χ1n) is 12.6. The lowest BCUT2D eigenvalue weighted by atomic mass is 10.0. The van der Waals surface area contributed by atoms with E-state index >= 15 is 0 Å². The van der Waals surface area contributed by atoms with Crippen LogP contribution in [0.3, 0.4) is 0 Å². The first-order chi connectivity index (χ1) is 18.5. The predicted octanol–water partition coefficient (Wildman–Crippen LogP) is 0.0271. The Morgan fingerprint density at radius 1 is 0.921 bits per heavy atom. The SMILES string of the molecule is O=C(O)COCCOCCOCCOCCOCCNc1cccc2c1CN(C1CCC(=O)NC1=O)C2=O. The minimum absolute atomic E-state index is 0.203. The van der Waals surface area contributed by atoms with Crippen LogP contribution in [-0.2, 0) is 44.6 Å². The van der Waals surface area contributed by atoms with Gasteiger partial charge < -0.3 is 39.0 Å². The van der Waals surface area contributed by atoms with Crippen molar-refractivity contribution in [2.24, 2.45) is 0 Å². The molecule has 13 nitrogen and oxygen atoms in total. The molecule has 1 aromatic carbocycles. The van der Waals surface area contributed by atoms with Crippen molar-refractivity contribution in [1.29, 1.82) is 0 Å². The molecule has 0 bridgehead atoms. The van der Waals surface area contributed by atoms with Gasteiger partial charge in [-0.3, -0.25) is 19.7 Å². The summed E-state index contributed by atoms with van der Waals surface area (Å²) in [6.07, 6.45) is 0.552. The van der Waals surface area contributed by atoms with E-state index in [-0.39, 0.29) is 31.4 Å². The van der Waals surface area contributed by atoms with Crippen LogP contribution in [0.4, 0.5) is 5.69 Å². The second-order valence-electron chi connectivity index (χ2n) is 8.55. The molecule has 3 N–H and O–H groups in total. The number of anilines is 1. The Labute approximate surface area is 220 Å². The van der Waals surface area contributed by atoms with Gasteiger partial charge in [-0.1, -0.05) is 6.07 Å². The summed E-state index contributed by atoms with van der Waals surface area (Å²) in [6, 6.07) is 4.80. The molecule has 2 aliphatic heterocycles. The normalized spacial score (nSPS) is 17.0. The Kier molecular flexibility index (Phi) is 12.4.